The van der Waals surface area contributed by atoms with Crippen molar-refractivity contribution in [1.82, 2.24) is 35.1 Å². The number of rotatable bonds is 6. The van der Waals surface area contributed by atoms with Crippen molar-refractivity contribution >= 4 is 5.91 Å². The summed E-state index contributed by atoms with van der Waals surface area (Å²) >= 11 is 0. The molecule has 8 heteroatoms. The summed E-state index contributed by atoms with van der Waals surface area (Å²) in [5.41, 5.74) is 3.28. The molecule has 1 unspecified atom stereocenters. The summed E-state index contributed by atoms with van der Waals surface area (Å²) in [5.74, 6) is -0.257. The van der Waals surface area contributed by atoms with E-state index in [0.717, 1.165) is 16.8 Å². The average Bonchev–Trinajstić information content (AvgIpc) is 3.41. The summed E-state index contributed by atoms with van der Waals surface area (Å²) in [6.07, 6.45) is 4.78. The Hall–Kier alpha value is -3.81. The molecule has 0 fully saturated rings. The first-order valence-corrected chi connectivity index (χ1v) is 8.89. The lowest BCUT2D eigenvalue weighted by Gasteiger charge is -2.13. The van der Waals surface area contributed by atoms with Crippen molar-refractivity contribution in [3.05, 3.63) is 90.3 Å². The number of amides is 1. The van der Waals surface area contributed by atoms with Crippen molar-refractivity contribution in [2.24, 2.45) is 0 Å². The van der Waals surface area contributed by atoms with Crippen LogP contribution in [0.5, 0.6) is 0 Å². The van der Waals surface area contributed by atoms with Gasteiger partial charge >= 0.3 is 0 Å². The number of benzene rings is 2. The molecule has 1 amide bonds. The van der Waals surface area contributed by atoms with Crippen LogP contribution < -0.4 is 5.32 Å². The smallest absolute Gasteiger partial charge is 0.273 e. The first-order chi connectivity index (χ1) is 13.7. The van der Waals surface area contributed by atoms with Gasteiger partial charge in [0.2, 0.25) is 0 Å². The summed E-state index contributed by atoms with van der Waals surface area (Å²) in [6, 6.07) is 17.5. The van der Waals surface area contributed by atoms with Gasteiger partial charge in [-0.2, -0.15) is 5.10 Å². The Morgan fingerprint density at radius 3 is 2.61 bits per heavy atom. The molecule has 0 saturated heterocycles. The quantitative estimate of drug-likeness (QED) is 0.560. The van der Waals surface area contributed by atoms with Gasteiger partial charge in [0.15, 0.2) is 5.69 Å². The number of nitrogens with zero attached hydrogens (tertiary/aromatic N) is 6. The second kappa shape index (κ2) is 7.83. The summed E-state index contributed by atoms with van der Waals surface area (Å²) in [4.78, 5) is 16.4. The number of carbonyl (C=O) groups is 1. The van der Waals surface area contributed by atoms with Gasteiger partial charge in [0.25, 0.3) is 5.91 Å². The maximum atomic E-state index is 12.5. The topological polar surface area (TPSA) is 90.5 Å². The molecular weight excluding hydrogens is 354 g/mol. The van der Waals surface area contributed by atoms with Gasteiger partial charge < -0.3 is 5.32 Å². The lowest BCUT2D eigenvalue weighted by Crippen LogP contribution is -2.27. The molecule has 0 saturated carbocycles. The summed E-state index contributed by atoms with van der Waals surface area (Å²) in [6.45, 7) is 2.50. The zero-order chi connectivity index (χ0) is 19.3. The van der Waals surface area contributed by atoms with Gasteiger partial charge in [-0.15, -0.1) is 5.10 Å². The molecule has 2 heterocycles. The molecule has 0 aliphatic rings. The van der Waals surface area contributed by atoms with Gasteiger partial charge in [-0.05, 0) is 30.2 Å². The molecule has 28 heavy (non-hydrogen) atoms. The van der Waals surface area contributed by atoms with Crippen LogP contribution in [0.1, 0.15) is 34.6 Å². The van der Waals surface area contributed by atoms with E-state index in [4.69, 9.17) is 0 Å². The van der Waals surface area contributed by atoms with Crippen molar-refractivity contribution in [3.63, 3.8) is 0 Å². The Morgan fingerprint density at radius 1 is 1.11 bits per heavy atom. The second-order valence-corrected chi connectivity index (χ2v) is 6.41. The van der Waals surface area contributed by atoms with Gasteiger partial charge in [0.05, 0.1) is 24.5 Å². The molecule has 8 nitrogen and oxygen atoms in total. The third kappa shape index (κ3) is 3.96. The number of nitrogens with one attached hydrogen (secondary N) is 1. The fourth-order valence-electron chi connectivity index (χ4n) is 2.86. The molecule has 0 radical (unpaired) electrons. The Balaban J connectivity index is 1.39. The molecule has 0 aliphatic carbocycles. The molecule has 4 rings (SSSR count). The highest BCUT2D eigenvalue weighted by Gasteiger charge is 2.15. The van der Waals surface area contributed by atoms with Crippen molar-refractivity contribution in [3.8, 4) is 5.69 Å². The Kier molecular flexibility index (Phi) is 4.92. The molecule has 0 bridgehead atoms. The van der Waals surface area contributed by atoms with E-state index in [9.17, 15) is 4.79 Å². The van der Waals surface area contributed by atoms with Crippen molar-refractivity contribution in [1.29, 1.82) is 0 Å². The Bertz CT molecular complexity index is 1040. The van der Waals surface area contributed by atoms with E-state index in [2.05, 4.69) is 25.7 Å². The molecule has 0 spiro atoms. The molecule has 4 aromatic rings. The number of aromatic nitrogens is 6. The molecule has 2 aromatic heterocycles. The number of hydrogen-bond acceptors (Lipinski definition) is 5. The SMILES string of the molecule is CC(NC(=O)c1cn(Cc2ccccc2)nn1)c1ccc(-n2cncn2)cc1. The fourth-order valence-corrected chi connectivity index (χ4v) is 2.86. The normalized spacial score (nSPS) is 11.9. The maximum Gasteiger partial charge on any atom is 0.273 e. The van der Waals surface area contributed by atoms with Gasteiger partial charge in [-0.25, -0.2) is 14.3 Å². The van der Waals surface area contributed by atoms with Crippen molar-refractivity contribution < 1.29 is 4.79 Å². The van der Waals surface area contributed by atoms with Crippen LogP contribution in [0, 0.1) is 0 Å². The van der Waals surface area contributed by atoms with E-state index in [1.165, 1.54) is 6.33 Å². The first-order valence-electron chi connectivity index (χ1n) is 8.89. The lowest BCUT2D eigenvalue weighted by molar-refractivity contribution is 0.0934. The lowest BCUT2D eigenvalue weighted by atomic mass is 10.1. The summed E-state index contributed by atoms with van der Waals surface area (Å²) in [7, 11) is 0. The molecule has 1 N–H and O–H groups in total. The standard InChI is InChI=1S/C20H19N7O/c1-15(17-7-9-18(10-8-17)27-14-21-13-22-27)23-20(28)19-12-26(25-24-19)11-16-5-3-2-4-6-16/h2-10,12-15H,11H2,1H3,(H,23,28). The molecule has 2 aromatic carbocycles. The van der Waals surface area contributed by atoms with Crippen molar-refractivity contribution in [2.45, 2.75) is 19.5 Å². The number of carbonyl (C=O) groups excluding carboxylic acids is 1. The monoisotopic (exact) mass is 373 g/mol. The highest BCUT2D eigenvalue weighted by atomic mass is 16.2. The molecule has 1 atom stereocenters. The first kappa shape index (κ1) is 17.6. The highest BCUT2D eigenvalue weighted by molar-refractivity contribution is 5.92. The van der Waals surface area contributed by atoms with Crippen LogP contribution >= 0.6 is 0 Å². The van der Waals surface area contributed by atoms with Gasteiger partial charge in [0.1, 0.15) is 12.7 Å². The Morgan fingerprint density at radius 2 is 1.89 bits per heavy atom. The minimum atomic E-state index is -0.257. The van der Waals surface area contributed by atoms with Crippen LogP contribution in [-0.4, -0.2) is 35.7 Å². The van der Waals surface area contributed by atoms with Crippen LogP contribution in [0.15, 0.2) is 73.4 Å². The van der Waals surface area contributed by atoms with Gasteiger partial charge in [0, 0.05) is 0 Å². The van der Waals surface area contributed by atoms with Crippen LogP contribution in [-0.2, 0) is 6.54 Å². The highest BCUT2D eigenvalue weighted by Crippen LogP contribution is 2.15. The van der Waals surface area contributed by atoms with Gasteiger partial charge in [-0.1, -0.05) is 47.7 Å². The fraction of sp³-hybridized carbons (Fsp3) is 0.150. The van der Waals surface area contributed by atoms with E-state index in [0.29, 0.717) is 12.2 Å². The van der Waals surface area contributed by atoms with E-state index < -0.39 is 0 Å². The van der Waals surface area contributed by atoms with Crippen LogP contribution in [0.3, 0.4) is 0 Å². The Labute approximate surface area is 161 Å². The average molecular weight is 373 g/mol. The summed E-state index contributed by atoms with van der Waals surface area (Å²) in [5, 5.41) is 15.1. The zero-order valence-electron chi connectivity index (χ0n) is 15.3. The van der Waals surface area contributed by atoms with E-state index in [-0.39, 0.29) is 11.9 Å². The minimum absolute atomic E-state index is 0.170. The number of hydrogen-bond donors (Lipinski definition) is 1. The van der Waals surface area contributed by atoms with Crippen LogP contribution in [0.25, 0.3) is 5.69 Å². The second-order valence-electron chi connectivity index (χ2n) is 6.41. The third-order valence-electron chi connectivity index (χ3n) is 4.38. The predicted molar refractivity (Wildman–Crippen MR) is 103 cm³/mol. The zero-order valence-corrected chi connectivity index (χ0v) is 15.3. The predicted octanol–water partition coefficient (Wildman–Crippen LogP) is 2.40. The minimum Gasteiger partial charge on any atom is -0.344 e. The largest absolute Gasteiger partial charge is 0.344 e. The van der Waals surface area contributed by atoms with Gasteiger partial charge in [-0.3, -0.25) is 4.79 Å². The molecular formula is C20H19N7O. The van der Waals surface area contributed by atoms with Crippen LogP contribution in [0.4, 0.5) is 0 Å². The van der Waals surface area contributed by atoms with E-state index in [1.807, 2.05) is 61.5 Å². The molecule has 140 valence electrons. The van der Waals surface area contributed by atoms with Crippen molar-refractivity contribution in [2.75, 3.05) is 0 Å². The molecule has 0 aliphatic heterocycles. The maximum absolute atomic E-state index is 12.5. The van der Waals surface area contributed by atoms with E-state index >= 15 is 0 Å². The summed E-state index contributed by atoms with van der Waals surface area (Å²) < 4.78 is 3.33. The van der Waals surface area contributed by atoms with E-state index in [1.54, 1.807) is 21.9 Å². The third-order valence-corrected chi connectivity index (χ3v) is 4.38. The van der Waals surface area contributed by atoms with Crippen LogP contribution in [0.2, 0.25) is 0 Å².